The minimum atomic E-state index is -0.204. The van der Waals surface area contributed by atoms with Crippen LogP contribution in [0.25, 0.3) is 0 Å². The molecule has 0 saturated heterocycles. The van der Waals surface area contributed by atoms with Crippen LogP contribution in [-0.4, -0.2) is 17.5 Å². The van der Waals surface area contributed by atoms with Crippen LogP contribution in [0, 0.1) is 0 Å². The highest BCUT2D eigenvalue weighted by atomic mass is 16.5. The number of aromatic nitrogens is 1. The highest BCUT2D eigenvalue weighted by molar-refractivity contribution is 5.91. The van der Waals surface area contributed by atoms with Gasteiger partial charge in [-0.15, -0.1) is 0 Å². The van der Waals surface area contributed by atoms with Gasteiger partial charge in [-0.2, -0.15) is 0 Å². The van der Waals surface area contributed by atoms with E-state index in [-0.39, 0.29) is 17.9 Å². The average molecular weight is 284 g/mol. The first-order valence-electron chi connectivity index (χ1n) is 6.88. The van der Waals surface area contributed by atoms with E-state index >= 15 is 0 Å². The Bertz CT molecular complexity index is 604. The summed E-state index contributed by atoms with van der Waals surface area (Å²) in [5.41, 5.74) is 1.89. The predicted octanol–water partition coefficient (Wildman–Crippen LogP) is 3.40. The topological polar surface area (TPSA) is 51.2 Å². The van der Waals surface area contributed by atoms with Gasteiger partial charge in [0.2, 0.25) is 0 Å². The zero-order valence-corrected chi connectivity index (χ0v) is 12.6. The van der Waals surface area contributed by atoms with Gasteiger partial charge in [-0.05, 0) is 35.2 Å². The summed E-state index contributed by atoms with van der Waals surface area (Å²) in [6.07, 6.45) is 3.25. The van der Waals surface area contributed by atoms with Crippen molar-refractivity contribution in [3.05, 3.63) is 54.4 Å². The lowest BCUT2D eigenvalue weighted by Gasteiger charge is -2.19. The number of anilines is 1. The SMILES string of the molecule is CC(C)(C)c1cccc(OCC(=O)Nc2cccnc2)c1. The number of pyridine rings is 1. The minimum Gasteiger partial charge on any atom is -0.484 e. The van der Waals surface area contributed by atoms with Gasteiger partial charge in [0.1, 0.15) is 5.75 Å². The summed E-state index contributed by atoms with van der Waals surface area (Å²) in [4.78, 5) is 15.7. The van der Waals surface area contributed by atoms with Crippen molar-refractivity contribution in [3.63, 3.8) is 0 Å². The minimum absolute atomic E-state index is 0.0253. The van der Waals surface area contributed by atoms with Crippen molar-refractivity contribution in [2.75, 3.05) is 11.9 Å². The van der Waals surface area contributed by atoms with Crippen molar-refractivity contribution in [1.29, 1.82) is 0 Å². The second-order valence-corrected chi connectivity index (χ2v) is 5.86. The van der Waals surface area contributed by atoms with Crippen molar-refractivity contribution >= 4 is 11.6 Å². The van der Waals surface area contributed by atoms with Crippen LogP contribution in [-0.2, 0) is 10.2 Å². The Morgan fingerprint density at radius 2 is 2.05 bits per heavy atom. The molecular formula is C17H20N2O2. The number of nitrogens with zero attached hydrogens (tertiary/aromatic N) is 1. The van der Waals surface area contributed by atoms with Crippen molar-refractivity contribution in [1.82, 2.24) is 4.98 Å². The molecule has 0 radical (unpaired) electrons. The molecule has 0 aliphatic rings. The Labute approximate surface area is 125 Å². The quantitative estimate of drug-likeness (QED) is 0.936. The van der Waals surface area contributed by atoms with E-state index < -0.39 is 0 Å². The smallest absolute Gasteiger partial charge is 0.262 e. The molecule has 1 N–H and O–H groups in total. The van der Waals surface area contributed by atoms with Crippen LogP contribution in [0.1, 0.15) is 26.3 Å². The fraction of sp³-hybridized carbons (Fsp3) is 0.294. The Balaban J connectivity index is 1.92. The lowest BCUT2D eigenvalue weighted by Crippen LogP contribution is -2.20. The summed E-state index contributed by atoms with van der Waals surface area (Å²) in [5, 5.41) is 2.73. The molecule has 0 bridgehead atoms. The van der Waals surface area contributed by atoms with Crippen molar-refractivity contribution in [2.45, 2.75) is 26.2 Å². The molecule has 0 aliphatic heterocycles. The van der Waals surface area contributed by atoms with Crippen molar-refractivity contribution in [2.24, 2.45) is 0 Å². The summed E-state index contributed by atoms with van der Waals surface area (Å²) >= 11 is 0. The second kappa shape index (κ2) is 6.39. The molecule has 4 heteroatoms. The molecule has 1 heterocycles. The first-order chi connectivity index (χ1) is 9.95. The number of carbonyl (C=O) groups is 1. The largest absolute Gasteiger partial charge is 0.484 e. The van der Waals surface area contributed by atoms with E-state index in [1.165, 1.54) is 5.56 Å². The van der Waals surface area contributed by atoms with Crippen LogP contribution in [0.4, 0.5) is 5.69 Å². The molecular weight excluding hydrogens is 264 g/mol. The number of amides is 1. The first kappa shape index (κ1) is 15.0. The molecule has 0 fully saturated rings. The number of rotatable bonds is 4. The zero-order valence-electron chi connectivity index (χ0n) is 12.6. The fourth-order valence-corrected chi connectivity index (χ4v) is 1.84. The summed E-state index contributed by atoms with van der Waals surface area (Å²) in [7, 11) is 0. The monoisotopic (exact) mass is 284 g/mol. The molecule has 21 heavy (non-hydrogen) atoms. The molecule has 2 aromatic rings. The van der Waals surface area contributed by atoms with Gasteiger partial charge >= 0.3 is 0 Å². The van der Waals surface area contributed by atoms with Gasteiger partial charge in [0, 0.05) is 6.20 Å². The lowest BCUT2D eigenvalue weighted by molar-refractivity contribution is -0.118. The van der Waals surface area contributed by atoms with E-state index in [9.17, 15) is 4.79 Å². The fourth-order valence-electron chi connectivity index (χ4n) is 1.84. The van der Waals surface area contributed by atoms with Gasteiger partial charge in [0.25, 0.3) is 5.91 Å². The molecule has 110 valence electrons. The molecule has 1 amide bonds. The second-order valence-electron chi connectivity index (χ2n) is 5.86. The van der Waals surface area contributed by atoms with E-state index in [1.807, 2.05) is 18.2 Å². The van der Waals surface area contributed by atoms with Gasteiger partial charge < -0.3 is 10.1 Å². The molecule has 4 nitrogen and oxygen atoms in total. The van der Waals surface area contributed by atoms with Gasteiger partial charge in [-0.25, -0.2) is 0 Å². The maximum absolute atomic E-state index is 11.8. The Hall–Kier alpha value is -2.36. The molecule has 0 unspecified atom stereocenters. The maximum atomic E-state index is 11.8. The summed E-state index contributed by atoms with van der Waals surface area (Å²) < 4.78 is 5.54. The summed E-state index contributed by atoms with van der Waals surface area (Å²) in [6, 6.07) is 11.4. The van der Waals surface area contributed by atoms with Gasteiger partial charge in [0.15, 0.2) is 6.61 Å². The molecule has 0 spiro atoms. The van der Waals surface area contributed by atoms with Gasteiger partial charge in [-0.3, -0.25) is 9.78 Å². The number of nitrogens with one attached hydrogen (secondary N) is 1. The van der Waals surface area contributed by atoms with Crippen LogP contribution in [0.15, 0.2) is 48.8 Å². The normalized spacial score (nSPS) is 11.0. The highest BCUT2D eigenvalue weighted by Crippen LogP contribution is 2.25. The third-order valence-corrected chi connectivity index (χ3v) is 3.02. The van der Waals surface area contributed by atoms with E-state index in [4.69, 9.17) is 4.74 Å². The predicted molar refractivity (Wildman–Crippen MR) is 83.5 cm³/mol. The molecule has 2 rings (SSSR count). The van der Waals surface area contributed by atoms with E-state index in [0.29, 0.717) is 11.4 Å². The first-order valence-corrected chi connectivity index (χ1v) is 6.88. The number of ether oxygens (including phenoxy) is 1. The van der Waals surface area contributed by atoms with Crippen LogP contribution >= 0.6 is 0 Å². The Morgan fingerprint density at radius 3 is 2.71 bits per heavy atom. The molecule has 0 saturated carbocycles. The molecule has 0 aliphatic carbocycles. The van der Waals surface area contributed by atoms with Crippen LogP contribution in [0.5, 0.6) is 5.75 Å². The molecule has 1 aromatic heterocycles. The number of carbonyl (C=O) groups excluding carboxylic acids is 1. The highest BCUT2D eigenvalue weighted by Gasteiger charge is 2.14. The number of benzene rings is 1. The number of hydrogen-bond donors (Lipinski definition) is 1. The standard InChI is InChI=1S/C17H20N2O2/c1-17(2,3)13-6-4-8-15(10-13)21-12-16(20)19-14-7-5-9-18-11-14/h4-11H,12H2,1-3H3,(H,19,20). The molecule has 1 aromatic carbocycles. The lowest BCUT2D eigenvalue weighted by atomic mass is 9.87. The third-order valence-electron chi connectivity index (χ3n) is 3.02. The van der Waals surface area contributed by atoms with Gasteiger partial charge in [-0.1, -0.05) is 32.9 Å². The van der Waals surface area contributed by atoms with E-state index in [1.54, 1.807) is 24.5 Å². The molecule has 0 atom stereocenters. The summed E-state index contributed by atoms with van der Waals surface area (Å²) in [5.74, 6) is 0.493. The van der Waals surface area contributed by atoms with Crippen molar-refractivity contribution in [3.8, 4) is 5.75 Å². The van der Waals surface area contributed by atoms with Gasteiger partial charge in [0.05, 0.1) is 11.9 Å². The average Bonchev–Trinajstić information content (AvgIpc) is 2.46. The third kappa shape index (κ3) is 4.60. The van der Waals surface area contributed by atoms with Crippen LogP contribution in [0.3, 0.4) is 0 Å². The number of hydrogen-bond acceptors (Lipinski definition) is 3. The van der Waals surface area contributed by atoms with Crippen LogP contribution < -0.4 is 10.1 Å². The van der Waals surface area contributed by atoms with Crippen molar-refractivity contribution < 1.29 is 9.53 Å². The van der Waals surface area contributed by atoms with E-state index in [0.717, 1.165) is 0 Å². The van der Waals surface area contributed by atoms with Crippen LogP contribution in [0.2, 0.25) is 0 Å². The summed E-state index contributed by atoms with van der Waals surface area (Å²) in [6.45, 7) is 6.40. The maximum Gasteiger partial charge on any atom is 0.262 e. The van der Waals surface area contributed by atoms with E-state index in [2.05, 4.69) is 37.1 Å². The Kier molecular flexibility index (Phi) is 4.58. The Morgan fingerprint density at radius 1 is 1.24 bits per heavy atom. The zero-order chi connectivity index (χ0) is 15.3.